The number of rotatable bonds is 3. The molecule has 1 aromatic rings. The van der Waals surface area contributed by atoms with Crippen molar-refractivity contribution in [3.63, 3.8) is 0 Å². The smallest absolute Gasteiger partial charge is 0.220 e. The molecular weight excluding hydrogens is 270 g/mol. The summed E-state index contributed by atoms with van der Waals surface area (Å²) < 4.78 is 6.18. The van der Waals surface area contributed by atoms with E-state index in [1.54, 1.807) is 12.1 Å². The standard InChI is InChI=1S/C16H23NO2S/c1-15(2,3)20-10-13-16(4,5)19-14(17-13)11-8-6-7-9-12(11)18/h6-9,13,18H,10H2,1-5H3/t13-/m0/s1. The van der Waals surface area contributed by atoms with Gasteiger partial charge in [-0.25, -0.2) is 4.99 Å². The number of para-hydroxylation sites is 1. The third-order valence-corrected chi connectivity index (χ3v) is 4.59. The molecule has 4 heteroatoms. The van der Waals surface area contributed by atoms with Crippen LogP contribution in [0.15, 0.2) is 29.3 Å². The van der Waals surface area contributed by atoms with Crippen LogP contribution in [0.5, 0.6) is 5.75 Å². The fraction of sp³-hybridized carbons (Fsp3) is 0.562. The van der Waals surface area contributed by atoms with Crippen molar-refractivity contribution in [3.8, 4) is 5.75 Å². The maximum atomic E-state index is 9.92. The lowest BCUT2D eigenvalue weighted by molar-refractivity contribution is 0.104. The normalized spacial score (nSPS) is 21.4. The van der Waals surface area contributed by atoms with E-state index >= 15 is 0 Å². The molecule has 0 aromatic heterocycles. The Hall–Kier alpha value is -1.16. The van der Waals surface area contributed by atoms with Crippen LogP contribution in [0, 0.1) is 0 Å². The Balaban J connectivity index is 2.19. The second kappa shape index (κ2) is 5.32. The van der Waals surface area contributed by atoms with E-state index in [1.807, 2.05) is 23.9 Å². The third kappa shape index (κ3) is 3.48. The number of phenolic OH excluding ortho intramolecular Hbond substituents is 1. The number of aromatic hydroxyl groups is 1. The molecule has 0 radical (unpaired) electrons. The third-order valence-electron chi connectivity index (χ3n) is 3.24. The van der Waals surface area contributed by atoms with E-state index in [9.17, 15) is 5.11 Å². The van der Waals surface area contributed by atoms with E-state index in [0.717, 1.165) is 5.75 Å². The van der Waals surface area contributed by atoms with Gasteiger partial charge in [-0.2, -0.15) is 11.8 Å². The maximum Gasteiger partial charge on any atom is 0.220 e. The predicted molar refractivity (Wildman–Crippen MR) is 85.8 cm³/mol. The number of benzene rings is 1. The number of ether oxygens (including phenoxy) is 1. The minimum absolute atomic E-state index is 0.0985. The van der Waals surface area contributed by atoms with Gasteiger partial charge in [0.05, 0.1) is 5.56 Å². The summed E-state index contributed by atoms with van der Waals surface area (Å²) in [6, 6.07) is 7.27. The van der Waals surface area contributed by atoms with Crippen LogP contribution in [0.25, 0.3) is 0 Å². The molecule has 110 valence electrons. The van der Waals surface area contributed by atoms with E-state index in [-0.39, 0.29) is 22.1 Å². The van der Waals surface area contributed by atoms with Gasteiger partial charge in [-0.1, -0.05) is 32.9 Å². The lowest BCUT2D eigenvalue weighted by atomic mass is 10.0. The second-order valence-electron chi connectivity index (χ2n) is 6.60. The van der Waals surface area contributed by atoms with Crippen molar-refractivity contribution >= 4 is 17.7 Å². The zero-order valence-corrected chi connectivity index (χ0v) is 13.6. The monoisotopic (exact) mass is 293 g/mol. The summed E-state index contributed by atoms with van der Waals surface area (Å²) in [5.74, 6) is 1.67. The van der Waals surface area contributed by atoms with E-state index in [1.165, 1.54) is 0 Å². The van der Waals surface area contributed by atoms with Gasteiger partial charge in [0.25, 0.3) is 0 Å². The van der Waals surface area contributed by atoms with Crippen molar-refractivity contribution in [2.75, 3.05) is 5.75 Å². The molecule has 1 atom stereocenters. The fourth-order valence-electron chi connectivity index (χ4n) is 1.99. The Morgan fingerprint density at radius 3 is 2.55 bits per heavy atom. The summed E-state index contributed by atoms with van der Waals surface area (Å²) in [5, 5.41) is 9.92. The molecule has 2 rings (SSSR count). The first kappa shape index (κ1) is 15.2. The van der Waals surface area contributed by atoms with Crippen LogP contribution in [0.2, 0.25) is 0 Å². The molecule has 1 heterocycles. The number of aliphatic imine (C=N–C) groups is 1. The van der Waals surface area contributed by atoms with Gasteiger partial charge in [-0.05, 0) is 26.0 Å². The largest absolute Gasteiger partial charge is 0.507 e. The Morgan fingerprint density at radius 1 is 1.30 bits per heavy atom. The SMILES string of the molecule is CC(C)(C)SC[C@@H]1N=C(c2ccccc2O)OC1(C)C. The fourth-order valence-corrected chi connectivity index (χ4v) is 3.12. The van der Waals surface area contributed by atoms with Gasteiger partial charge >= 0.3 is 0 Å². The molecule has 0 saturated heterocycles. The summed E-state index contributed by atoms with van der Waals surface area (Å²) in [4.78, 5) is 4.69. The quantitative estimate of drug-likeness (QED) is 0.920. The molecule has 0 fully saturated rings. The second-order valence-corrected chi connectivity index (χ2v) is 8.44. The van der Waals surface area contributed by atoms with E-state index in [4.69, 9.17) is 4.74 Å². The first-order valence-corrected chi connectivity index (χ1v) is 7.87. The maximum absolute atomic E-state index is 9.92. The van der Waals surface area contributed by atoms with Crippen LogP contribution in [0.1, 0.15) is 40.2 Å². The first-order chi connectivity index (χ1) is 9.19. The van der Waals surface area contributed by atoms with Crippen LogP contribution in [-0.2, 0) is 4.74 Å². The van der Waals surface area contributed by atoms with Crippen LogP contribution >= 0.6 is 11.8 Å². The Bertz CT molecular complexity index is 517. The molecule has 0 amide bonds. The lowest BCUT2D eigenvalue weighted by Gasteiger charge is -2.27. The number of thioether (sulfide) groups is 1. The van der Waals surface area contributed by atoms with Gasteiger partial charge < -0.3 is 9.84 Å². The molecule has 0 saturated carbocycles. The molecule has 20 heavy (non-hydrogen) atoms. The average Bonchev–Trinajstić information content (AvgIpc) is 2.61. The van der Waals surface area contributed by atoms with Crippen LogP contribution in [0.4, 0.5) is 0 Å². The van der Waals surface area contributed by atoms with Gasteiger partial charge in [0.1, 0.15) is 17.4 Å². The van der Waals surface area contributed by atoms with Gasteiger partial charge in [-0.15, -0.1) is 0 Å². The minimum Gasteiger partial charge on any atom is -0.507 e. The van der Waals surface area contributed by atoms with Gasteiger partial charge in [0.2, 0.25) is 5.90 Å². The van der Waals surface area contributed by atoms with E-state index in [2.05, 4.69) is 39.6 Å². The van der Waals surface area contributed by atoms with Crippen LogP contribution in [-0.4, -0.2) is 33.1 Å². The minimum atomic E-state index is -0.337. The number of hydrogen-bond acceptors (Lipinski definition) is 4. The molecule has 3 nitrogen and oxygen atoms in total. The zero-order chi connectivity index (χ0) is 15.0. The highest BCUT2D eigenvalue weighted by atomic mass is 32.2. The van der Waals surface area contributed by atoms with Crippen molar-refractivity contribution in [2.24, 2.45) is 4.99 Å². The highest BCUT2D eigenvalue weighted by Gasteiger charge is 2.39. The summed E-state index contributed by atoms with van der Waals surface area (Å²) in [6.07, 6.45) is 0. The van der Waals surface area contributed by atoms with Gasteiger partial charge in [0, 0.05) is 10.5 Å². The summed E-state index contributed by atoms with van der Waals surface area (Å²) in [6.45, 7) is 10.7. The Kier molecular flexibility index (Phi) is 4.05. The van der Waals surface area contributed by atoms with Gasteiger partial charge in [0.15, 0.2) is 0 Å². The molecule has 1 aliphatic heterocycles. The molecular formula is C16H23NO2S. The first-order valence-electron chi connectivity index (χ1n) is 6.88. The Labute approximate surface area is 125 Å². The number of phenols is 1. The lowest BCUT2D eigenvalue weighted by Crippen LogP contribution is -2.36. The summed E-state index contributed by atoms with van der Waals surface area (Å²) in [5.41, 5.74) is 0.333. The summed E-state index contributed by atoms with van der Waals surface area (Å²) >= 11 is 1.88. The molecule has 0 bridgehead atoms. The predicted octanol–water partition coefficient (Wildman–Crippen LogP) is 3.85. The molecule has 0 unspecified atom stereocenters. The zero-order valence-electron chi connectivity index (χ0n) is 12.8. The number of hydrogen-bond donors (Lipinski definition) is 1. The van der Waals surface area contributed by atoms with E-state index in [0.29, 0.717) is 11.5 Å². The molecule has 1 aromatic carbocycles. The Morgan fingerprint density at radius 2 is 1.95 bits per heavy atom. The van der Waals surface area contributed by atoms with Crippen LogP contribution in [0.3, 0.4) is 0 Å². The van der Waals surface area contributed by atoms with E-state index < -0.39 is 0 Å². The van der Waals surface area contributed by atoms with Gasteiger partial charge in [-0.3, -0.25) is 0 Å². The van der Waals surface area contributed by atoms with Crippen molar-refractivity contribution in [1.82, 2.24) is 0 Å². The van der Waals surface area contributed by atoms with Crippen molar-refractivity contribution in [3.05, 3.63) is 29.8 Å². The van der Waals surface area contributed by atoms with Crippen molar-refractivity contribution < 1.29 is 9.84 Å². The summed E-state index contributed by atoms with van der Waals surface area (Å²) in [7, 11) is 0. The van der Waals surface area contributed by atoms with Crippen LogP contribution < -0.4 is 0 Å². The molecule has 0 spiro atoms. The molecule has 1 N–H and O–H groups in total. The van der Waals surface area contributed by atoms with Crippen molar-refractivity contribution in [1.29, 1.82) is 0 Å². The highest BCUT2D eigenvalue weighted by Crippen LogP contribution is 2.34. The number of nitrogens with zero attached hydrogens (tertiary/aromatic N) is 1. The van der Waals surface area contributed by atoms with Crippen molar-refractivity contribution in [2.45, 2.75) is 51.0 Å². The highest BCUT2D eigenvalue weighted by molar-refractivity contribution is 8.00. The molecule has 1 aliphatic rings. The average molecular weight is 293 g/mol. The topological polar surface area (TPSA) is 41.8 Å². The molecule has 0 aliphatic carbocycles.